The first-order chi connectivity index (χ1) is 13.6. The molecule has 1 aromatic heterocycles. The molecule has 1 N–H and O–H groups in total. The Labute approximate surface area is 165 Å². The molecular weight excluding hydrogens is 348 g/mol. The molecule has 0 saturated carbocycles. The van der Waals surface area contributed by atoms with E-state index in [2.05, 4.69) is 51.4 Å². The summed E-state index contributed by atoms with van der Waals surface area (Å²) >= 11 is 0. The largest absolute Gasteiger partial charge is 0.336 e. The fourth-order valence-corrected chi connectivity index (χ4v) is 3.50. The van der Waals surface area contributed by atoms with Crippen molar-refractivity contribution in [1.29, 1.82) is 0 Å². The molecule has 1 aliphatic heterocycles. The quantitative estimate of drug-likeness (QED) is 0.747. The standard InChI is InChI=1S/C23H24N4O/c1-3-17-8-10-20(11-9-17)25-22(28)21-14-16(2)24-23(26-21)27-13-12-18-6-4-5-7-19(18)15-27/h4-11,14H,3,12-13,15H2,1-2H3,(H,25,28). The van der Waals surface area contributed by atoms with Crippen LogP contribution in [0.25, 0.3) is 0 Å². The van der Waals surface area contributed by atoms with Gasteiger partial charge in [0.1, 0.15) is 5.69 Å². The van der Waals surface area contributed by atoms with Gasteiger partial charge >= 0.3 is 0 Å². The van der Waals surface area contributed by atoms with Crippen LogP contribution in [0, 0.1) is 6.92 Å². The van der Waals surface area contributed by atoms with Crippen LogP contribution in [0.5, 0.6) is 0 Å². The van der Waals surface area contributed by atoms with Crippen molar-refractivity contribution in [2.24, 2.45) is 0 Å². The Hall–Kier alpha value is -3.21. The van der Waals surface area contributed by atoms with Crippen molar-refractivity contribution in [2.75, 3.05) is 16.8 Å². The van der Waals surface area contributed by atoms with Crippen LogP contribution in [0.1, 0.15) is 39.8 Å². The molecule has 0 saturated heterocycles. The summed E-state index contributed by atoms with van der Waals surface area (Å²) in [5.74, 6) is 0.398. The van der Waals surface area contributed by atoms with Gasteiger partial charge in [0.05, 0.1) is 0 Å². The van der Waals surface area contributed by atoms with E-state index in [0.29, 0.717) is 11.6 Å². The van der Waals surface area contributed by atoms with Gasteiger partial charge in [0.2, 0.25) is 5.95 Å². The van der Waals surface area contributed by atoms with Crippen LogP contribution in [0.3, 0.4) is 0 Å². The SMILES string of the molecule is CCc1ccc(NC(=O)c2cc(C)nc(N3CCc4ccccc4C3)n2)cc1. The average Bonchev–Trinajstić information content (AvgIpc) is 2.73. The van der Waals surface area contributed by atoms with Crippen LogP contribution in [0.4, 0.5) is 11.6 Å². The average molecular weight is 372 g/mol. The molecule has 142 valence electrons. The summed E-state index contributed by atoms with van der Waals surface area (Å²) in [5.41, 5.74) is 5.85. The number of rotatable bonds is 4. The number of nitrogens with zero attached hydrogens (tertiary/aromatic N) is 3. The van der Waals surface area contributed by atoms with Crippen LogP contribution in [0.15, 0.2) is 54.6 Å². The molecule has 0 aliphatic carbocycles. The summed E-state index contributed by atoms with van der Waals surface area (Å²) in [5, 5.41) is 2.93. The third-order valence-corrected chi connectivity index (χ3v) is 5.11. The first-order valence-electron chi connectivity index (χ1n) is 9.70. The molecule has 0 unspecified atom stereocenters. The van der Waals surface area contributed by atoms with Crippen molar-refractivity contribution in [1.82, 2.24) is 9.97 Å². The number of carbonyl (C=O) groups excluding carboxylic acids is 1. The van der Waals surface area contributed by atoms with E-state index >= 15 is 0 Å². The van der Waals surface area contributed by atoms with E-state index in [1.807, 2.05) is 31.2 Å². The minimum absolute atomic E-state index is 0.214. The molecule has 2 heterocycles. The highest BCUT2D eigenvalue weighted by Crippen LogP contribution is 2.22. The number of benzene rings is 2. The number of anilines is 2. The van der Waals surface area contributed by atoms with Gasteiger partial charge in [0.15, 0.2) is 0 Å². The number of hydrogen-bond donors (Lipinski definition) is 1. The van der Waals surface area contributed by atoms with E-state index in [-0.39, 0.29) is 5.91 Å². The van der Waals surface area contributed by atoms with Crippen LogP contribution in [0.2, 0.25) is 0 Å². The molecule has 5 heteroatoms. The summed E-state index contributed by atoms with van der Waals surface area (Å²) in [4.78, 5) is 24.0. The molecule has 0 spiro atoms. The van der Waals surface area contributed by atoms with Crippen LogP contribution >= 0.6 is 0 Å². The zero-order chi connectivity index (χ0) is 19.5. The van der Waals surface area contributed by atoms with Crippen LogP contribution in [-0.4, -0.2) is 22.4 Å². The molecule has 4 rings (SSSR count). The molecule has 3 aromatic rings. The lowest BCUT2D eigenvalue weighted by Crippen LogP contribution is -2.32. The van der Waals surface area contributed by atoms with Crippen molar-refractivity contribution in [3.63, 3.8) is 0 Å². The van der Waals surface area contributed by atoms with Gasteiger partial charge < -0.3 is 10.2 Å². The Morgan fingerprint density at radius 1 is 1.07 bits per heavy atom. The van der Waals surface area contributed by atoms with Crippen molar-refractivity contribution < 1.29 is 4.79 Å². The lowest BCUT2D eigenvalue weighted by Gasteiger charge is -2.29. The lowest BCUT2D eigenvalue weighted by molar-refractivity contribution is 0.102. The third-order valence-electron chi connectivity index (χ3n) is 5.11. The minimum atomic E-state index is -0.214. The summed E-state index contributed by atoms with van der Waals surface area (Å²) < 4.78 is 0. The monoisotopic (exact) mass is 372 g/mol. The maximum Gasteiger partial charge on any atom is 0.274 e. The number of aryl methyl sites for hydroxylation is 2. The Morgan fingerprint density at radius 2 is 1.82 bits per heavy atom. The second-order valence-electron chi connectivity index (χ2n) is 7.14. The highest BCUT2D eigenvalue weighted by atomic mass is 16.1. The van der Waals surface area contributed by atoms with Gasteiger partial charge in [-0.25, -0.2) is 9.97 Å². The predicted molar refractivity (Wildman–Crippen MR) is 112 cm³/mol. The summed E-state index contributed by atoms with van der Waals surface area (Å²) in [6, 6.07) is 18.1. The Balaban J connectivity index is 1.54. The van der Waals surface area contributed by atoms with E-state index in [1.54, 1.807) is 6.07 Å². The fourth-order valence-electron chi connectivity index (χ4n) is 3.50. The molecule has 1 amide bonds. The zero-order valence-electron chi connectivity index (χ0n) is 16.3. The highest BCUT2D eigenvalue weighted by molar-refractivity contribution is 6.03. The number of hydrogen-bond acceptors (Lipinski definition) is 4. The normalized spacial score (nSPS) is 13.1. The Bertz CT molecular complexity index is 998. The van der Waals surface area contributed by atoms with Gasteiger partial charge in [-0.3, -0.25) is 4.79 Å². The van der Waals surface area contributed by atoms with E-state index in [0.717, 1.165) is 37.3 Å². The Kier molecular flexibility index (Phi) is 5.06. The smallest absolute Gasteiger partial charge is 0.274 e. The lowest BCUT2D eigenvalue weighted by atomic mass is 10.0. The maximum absolute atomic E-state index is 12.7. The van der Waals surface area contributed by atoms with Crippen molar-refractivity contribution in [2.45, 2.75) is 33.2 Å². The van der Waals surface area contributed by atoms with Crippen LogP contribution < -0.4 is 10.2 Å². The molecule has 5 nitrogen and oxygen atoms in total. The first kappa shape index (κ1) is 18.2. The molecule has 28 heavy (non-hydrogen) atoms. The molecule has 0 fully saturated rings. The Morgan fingerprint density at radius 3 is 2.57 bits per heavy atom. The molecular formula is C23H24N4O. The summed E-state index contributed by atoms with van der Waals surface area (Å²) in [7, 11) is 0. The van der Waals surface area contributed by atoms with E-state index < -0.39 is 0 Å². The zero-order valence-corrected chi connectivity index (χ0v) is 16.3. The van der Waals surface area contributed by atoms with Crippen LogP contribution in [-0.2, 0) is 19.4 Å². The van der Waals surface area contributed by atoms with Gasteiger partial charge in [-0.2, -0.15) is 0 Å². The maximum atomic E-state index is 12.7. The fraction of sp³-hybridized carbons (Fsp3) is 0.261. The third kappa shape index (κ3) is 3.88. The van der Waals surface area contributed by atoms with Crippen molar-refractivity contribution in [3.05, 3.63) is 82.7 Å². The van der Waals surface area contributed by atoms with Gasteiger partial charge in [-0.15, -0.1) is 0 Å². The van der Waals surface area contributed by atoms with Gasteiger partial charge in [0, 0.05) is 24.5 Å². The van der Waals surface area contributed by atoms with Gasteiger partial charge in [-0.05, 0) is 54.7 Å². The number of fused-ring (bicyclic) bond motifs is 1. The molecule has 2 aromatic carbocycles. The highest BCUT2D eigenvalue weighted by Gasteiger charge is 2.20. The van der Waals surface area contributed by atoms with E-state index in [1.165, 1.54) is 16.7 Å². The molecule has 0 bridgehead atoms. The predicted octanol–water partition coefficient (Wildman–Crippen LogP) is 4.16. The summed E-state index contributed by atoms with van der Waals surface area (Å²) in [6.07, 6.45) is 1.93. The molecule has 0 radical (unpaired) electrons. The molecule has 1 aliphatic rings. The number of nitrogens with one attached hydrogen (secondary N) is 1. The number of amides is 1. The second kappa shape index (κ2) is 7.80. The van der Waals surface area contributed by atoms with Crippen molar-refractivity contribution >= 4 is 17.5 Å². The second-order valence-corrected chi connectivity index (χ2v) is 7.14. The summed E-state index contributed by atoms with van der Waals surface area (Å²) in [6.45, 7) is 5.62. The van der Waals surface area contributed by atoms with Gasteiger partial charge in [-0.1, -0.05) is 43.3 Å². The van der Waals surface area contributed by atoms with Crippen molar-refractivity contribution in [3.8, 4) is 0 Å². The van der Waals surface area contributed by atoms with E-state index in [4.69, 9.17) is 0 Å². The minimum Gasteiger partial charge on any atom is -0.336 e. The number of carbonyl (C=O) groups is 1. The van der Waals surface area contributed by atoms with Gasteiger partial charge in [0.25, 0.3) is 5.91 Å². The number of aromatic nitrogens is 2. The first-order valence-corrected chi connectivity index (χ1v) is 9.70. The molecule has 0 atom stereocenters. The topological polar surface area (TPSA) is 58.1 Å². The van der Waals surface area contributed by atoms with E-state index in [9.17, 15) is 4.79 Å².